The van der Waals surface area contributed by atoms with Crippen LogP contribution in [-0.4, -0.2) is 129 Å². The third-order valence-corrected chi connectivity index (χ3v) is 6.11. The predicted octanol–water partition coefficient (Wildman–Crippen LogP) is -6.65. The molecule has 14 nitrogen and oxygen atoms in total. The number of rotatable bonds is 5. The molecule has 2 aliphatic heterocycles. The van der Waals surface area contributed by atoms with Crippen LogP contribution in [0.1, 0.15) is 6.42 Å². The second kappa shape index (κ2) is 10.1. The second-order valence-electron chi connectivity index (χ2n) is 8.38. The summed E-state index contributed by atoms with van der Waals surface area (Å²) in [5.41, 5.74) is 24.0. The minimum absolute atomic E-state index is 0.163. The van der Waals surface area contributed by atoms with Crippen LogP contribution >= 0.6 is 0 Å². The molecule has 0 aromatic rings. The van der Waals surface area contributed by atoms with Crippen LogP contribution in [0.15, 0.2) is 0 Å². The summed E-state index contributed by atoms with van der Waals surface area (Å²) < 4.78 is 22.2. The molecule has 2 saturated heterocycles. The van der Waals surface area contributed by atoms with Gasteiger partial charge in [-0.1, -0.05) is 0 Å². The summed E-state index contributed by atoms with van der Waals surface area (Å²) >= 11 is 0. The van der Waals surface area contributed by atoms with Crippen molar-refractivity contribution in [3.05, 3.63) is 0 Å². The van der Waals surface area contributed by atoms with Gasteiger partial charge in [0, 0.05) is 12.1 Å². The Morgan fingerprint density at radius 1 is 0.742 bits per heavy atom. The van der Waals surface area contributed by atoms with Gasteiger partial charge >= 0.3 is 0 Å². The predicted molar refractivity (Wildman–Crippen MR) is 102 cm³/mol. The molecule has 0 bridgehead atoms. The third kappa shape index (κ3) is 5.02. The van der Waals surface area contributed by atoms with Crippen LogP contribution in [0.4, 0.5) is 0 Å². The van der Waals surface area contributed by atoms with E-state index in [0.717, 1.165) is 0 Å². The van der Waals surface area contributed by atoms with Gasteiger partial charge in [-0.3, -0.25) is 0 Å². The highest BCUT2D eigenvalue weighted by molar-refractivity contribution is 5.01. The average molecular weight is 454 g/mol. The van der Waals surface area contributed by atoms with Crippen molar-refractivity contribution in [2.45, 2.75) is 92.0 Å². The first kappa shape index (κ1) is 25.1. The Morgan fingerprint density at radius 3 is 1.87 bits per heavy atom. The van der Waals surface area contributed by atoms with Gasteiger partial charge in [-0.15, -0.1) is 0 Å². The van der Waals surface area contributed by atoms with Crippen LogP contribution < -0.4 is 22.9 Å². The minimum atomic E-state index is -1.44. The van der Waals surface area contributed by atoms with Crippen molar-refractivity contribution in [2.75, 3.05) is 13.2 Å². The largest absolute Gasteiger partial charge is 0.394 e. The quantitative estimate of drug-likeness (QED) is 0.185. The average Bonchev–Trinajstić information content (AvgIpc) is 2.73. The van der Waals surface area contributed by atoms with Crippen molar-refractivity contribution in [3.63, 3.8) is 0 Å². The highest BCUT2D eigenvalue weighted by Gasteiger charge is 2.50. The number of hydrogen-bond acceptors (Lipinski definition) is 14. The summed E-state index contributed by atoms with van der Waals surface area (Å²) in [5.74, 6) is 0. The molecule has 182 valence electrons. The van der Waals surface area contributed by atoms with E-state index in [4.69, 9.17) is 41.9 Å². The third-order valence-electron chi connectivity index (χ3n) is 6.11. The molecule has 0 aromatic carbocycles. The Labute approximate surface area is 178 Å². The molecule has 1 saturated carbocycles. The van der Waals surface area contributed by atoms with E-state index in [1.54, 1.807) is 0 Å². The van der Waals surface area contributed by atoms with Gasteiger partial charge in [0.2, 0.25) is 0 Å². The fourth-order valence-corrected chi connectivity index (χ4v) is 4.13. The zero-order chi connectivity index (χ0) is 23.0. The van der Waals surface area contributed by atoms with Crippen LogP contribution in [0.5, 0.6) is 0 Å². The van der Waals surface area contributed by atoms with Gasteiger partial charge in [0.25, 0.3) is 0 Å². The smallest absolute Gasteiger partial charge is 0.176 e. The fourth-order valence-electron chi connectivity index (χ4n) is 4.13. The summed E-state index contributed by atoms with van der Waals surface area (Å²) in [6.45, 7) is -0.809. The molecule has 3 aliphatic rings. The molecule has 14 atom stereocenters. The number of hydrogen-bond donors (Lipinski definition) is 10. The van der Waals surface area contributed by atoms with Gasteiger partial charge in [-0.2, -0.15) is 0 Å². The molecule has 0 amide bonds. The van der Waals surface area contributed by atoms with E-state index < -0.39 is 92.2 Å². The lowest BCUT2D eigenvalue weighted by Crippen LogP contribution is -2.68. The van der Waals surface area contributed by atoms with Crippen LogP contribution in [-0.2, 0) is 18.9 Å². The van der Waals surface area contributed by atoms with Crippen LogP contribution in [0.25, 0.3) is 0 Å². The lowest BCUT2D eigenvalue weighted by atomic mass is 9.84. The maximum atomic E-state index is 10.9. The highest BCUT2D eigenvalue weighted by atomic mass is 16.7. The van der Waals surface area contributed by atoms with E-state index >= 15 is 0 Å². The Morgan fingerprint density at radius 2 is 1.29 bits per heavy atom. The van der Waals surface area contributed by atoms with E-state index in [-0.39, 0.29) is 13.0 Å². The molecule has 0 radical (unpaired) electrons. The first-order valence-electron chi connectivity index (χ1n) is 10.2. The molecule has 0 spiro atoms. The summed E-state index contributed by atoms with van der Waals surface area (Å²) in [5, 5.41) is 59.8. The molecular weight excluding hydrogens is 420 g/mol. The van der Waals surface area contributed by atoms with Gasteiger partial charge in [-0.05, 0) is 6.42 Å². The lowest BCUT2D eigenvalue weighted by Gasteiger charge is -2.47. The van der Waals surface area contributed by atoms with Crippen LogP contribution in [0.2, 0.25) is 0 Å². The number of aliphatic hydroxyl groups is 6. The van der Waals surface area contributed by atoms with E-state index in [1.807, 2.05) is 0 Å². The standard InChI is InChI=1S/C17H34N4O10/c18-4-1-5(19)15(31-17-9(21)12(26)11(25)7(2-22)29-17)13(27)14(4)30-16-8(20)10(24)6(23)3-28-16/h4-17,22-27H,1-3,18-21H2/t4-,5-,6-,7-,8+,9-,10+,11-,12-,13+,14+,15-,16-,17-/m1/s1. The lowest BCUT2D eigenvalue weighted by molar-refractivity contribution is -0.306. The van der Waals surface area contributed by atoms with Gasteiger partial charge < -0.3 is 72.5 Å². The summed E-state index contributed by atoms with van der Waals surface area (Å²) in [7, 11) is 0. The van der Waals surface area contributed by atoms with Crippen LogP contribution in [0, 0.1) is 0 Å². The minimum Gasteiger partial charge on any atom is -0.394 e. The van der Waals surface area contributed by atoms with Crippen molar-refractivity contribution in [2.24, 2.45) is 22.9 Å². The Kier molecular flexibility index (Phi) is 8.21. The Bertz CT molecular complexity index is 591. The van der Waals surface area contributed by atoms with Crippen molar-refractivity contribution >= 4 is 0 Å². The first-order valence-corrected chi connectivity index (χ1v) is 10.2. The van der Waals surface area contributed by atoms with E-state index in [2.05, 4.69) is 0 Å². The van der Waals surface area contributed by atoms with Gasteiger partial charge in [0.15, 0.2) is 12.6 Å². The molecule has 3 rings (SSSR count). The molecule has 0 aromatic heterocycles. The van der Waals surface area contributed by atoms with Crippen molar-refractivity contribution in [3.8, 4) is 0 Å². The molecule has 14 heteroatoms. The molecular formula is C17H34N4O10. The van der Waals surface area contributed by atoms with Gasteiger partial charge in [0.05, 0.1) is 25.3 Å². The van der Waals surface area contributed by atoms with E-state index in [9.17, 15) is 30.6 Å². The normalized spacial score (nSPS) is 54.0. The van der Waals surface area contributed by atoms with Crippen molar-refractivity contribution < 1.29 is 49.6 Å². The molecule has 0 unspecified atom stereocenters. The fraction of sp³-hybridized carbons (Fsp3) is 1.00. The highest BCUT2D eigenvalue weighted by Crippen LogP contribution is 2.30. The molecule has 1 aliphatic carbocycles. The topological polar surface area (TPSA) is 262 Å². The molecule has 14 N–H and O–H groups in total. The summed E-state index contributed by atoms with van der Waals surface area (Å²) in [4.78, 5) is 0. The molecule has 2 heterocycles. The zero-order valence-corrected chi connectivity index (χ0v) is 16.8. The number of nitrogens with two attached hydrogens (primary N) is 4. The molecule has 31 heavy (non-hydrogen) atoms. The maximum absolute atomic E-state index is 10.9. The number of aliphatic hydroxyl groups excluding tert-OH is 6. The van der Waals surface area contributed by atoms with Gasteiger partial charge in [-0.25, -0.2) is 0 Å². The zero-order valence-electron chi connectivity index (χ0n) is 16.8. The number of ether oxygens (including phenoxy) is 4. The van der Waals surface area contributed by atoms with E-state index in [1.165, 1.54) is 0 Å². The van der Waals surface area contributed by atoms with E-state index in [0.29, 0.717) is 0 Å². The summed E-state index contributed by atoms with van der Waals surface area (Å²) in [6, 6.07) is -3.76. The van der Waals surface area contributed by atoms with Crippen molar-refractivity contribution in [1.82, 2.24) is 0 Å². The second-order valence-corrected chi connectivity index (χ2v) is 8.38. The maximum Gasteiger partial charge on any atom is 0.176 e. The Hall–Kier alpha value is -0.560. The van der Waals surface area contributed by atoms with Crippen molar-refractivity contribution in [1.29, 1.82) is 0 Å². The molecule has 3 fully saturated rings. The first-order chi connectivity index (χ1) is 14.6. The SMILES string of the molecule is N[C@@H]1[C@@H](O[C@@H]2[C@H](O)[C@H](O[C@H]3O[C@H](CO)[C@@H](O)[C@H](O)[C@H]3N)[C@H](N)C[C@H]2N)OC[C@@H](O)[C@@H]1O. The summed E-state index contributed by atoms with van der Waals surface area (Å²) in [6.07, 6.45) is -12.3. The van der Waals surface area contributed by atoms with Crippen LogP contribution in [0.3, 0.4) is 0 Å². The monoisotopic (exact) mass is 454 g/mol. The van der Waals surface area contributed by atoms with Gasteiger partial charge in [0.1, 0.15) is 48.8 Å². The Balaban J connectivity index is 1.70.